The zero-order valence-electron chi connectivity index (χ0n) is 9.08. The van der Waals surface area contributed by atoms with Crippen LogP contribution in [0.2, 0.25) is 0 Å². The molecule has 0 N–H and O–H groups in total. The highest BCUT2D eigenvalue weighted by Gasteiger charge is 2.25. The molecule has 0 bridgehead atoms. The standard InChI is InChI=1S/C11H11BrN4O/c12-10-4-14-6-15(11(10)17)5-9-3-13-7-16(9)8-1-2-8/h3-4,6-8H,1-2,5H2. The van der Waals surface area contributed by atoms with Gasteiger partial charge in [-0.05, 0) is 28.8 Å². The van der Waals surface area contributed by atoms with Crippen LogP contribution in [0.1, 0.15) is 24.6 Å². The molecule has 0 amide bonds. The summed E-state index contributed by atoms with van der Waals surface area (Å²) in [6.07, 6.45) is 9.12. The smallest absolute Gasteiger partial charge is 0.267 e. The van der Waals surface area contributed by atoms with Gasteiger partial charge in [-0.25, -0.2) is 9.97 Å². The van der Waals surface area contributed by atoms with Crippen molar-refractivity contribution < 1.29 is 0 Å². The number of aromatic nitrogens is 4. The lowest BCUT2D eigenvalue weighted by Crippen LogP contribution is -2.22. The normalized spacial score (nSPS) is 15.1. The van der Waals surface area contributed by atoms with Gasteiger partial charge in [0.15, 0.2) is 0 Å². The summed E-state index contributed by atoms with van der Waals surface area (Å²) >= 11 is 3.19. The fraction of sp³-hybridized carbons (Fsp3) is 0.364. The molecular formula is C11H11BrN4O. The van der Waals surface area contributed by atoms with Crippen molar-refractivity contribution in [2.75, 3.05) is 0 Å². The summed E-state index contributed by atoms with van der Waals surface area (Å²) in [4.78, 5) is 20.0. The fourth-order valence-electron chi connectivity index (χ4n) is 1.85. The van der Waals surface area contributed by atoms with Crippen molar-refractivity contribution in [2.24, 2.45) is 0 Å². The van der Waals surface area contributed by atoms with Crippen LogP contribution in [-0.2, 0) is 6.54 Å². The summed E-state index contributed by atoms with van der Waals surface area (Å²) in [5.41, 5.74) is 0.984. The SMILES string of the molecule is O=c1c(Br)cncn1Cc1cncn1C1CC1. The summed E-state index contributed by atoms with van der Waals surface area (Å²) in [5.74, 6) is 0. The van der Waals surface area contributed by atoms with E-state index in [0.29, 0.717) is 17.1 Å². The van der Waals surface area contributed by atoms with Gasteiger partial charge in [-0.15, -0.1) is 0 Å². The third-order valence-electron chi connectivity index (χ3n) is 2.88. The van der Waals surface area contributed by atoms with Crippen LogP contribution in [-0.4, -0.2) is 19.1 Å². The van der Waals surface area contributed by atoms with E-state index in [0.717, 1.165) is 5.69 Å². The Labute approximate surface area is 106 Å². The Morgan fingerprint density at radius 1 is 1.29 bits per heavy atom. The van der Waals surface area contributed by atoms with E-state index >= 15 is 0 Å². The summed E-state index contributed by atoms with van der Waals surface area (Å²) < 4.78 is 4.21. The molecule has 5 nitrogen and oxygen atoms in total. The van der Waals surface area contributed by atoms with E-state index in [1.807, 2.05) is 12.5 Å². The Bertz CT molecular complexity index is 600. The number of rotatable bonds is 3. The van der Waals surface area contributed by atoms with E-state index in [1.54, 1.807) is 10.9 Å². The number of imidazole rings is 1. The molecule has 1 fully saturated rings. The van der Waals surface area contributed by atoms with E-state index in [4.69, 9.17) is 0 Å². The van der Waals surface area contributed by atoms with Crippen LogP contribution in [0.25, 0.3) is 0 Å². The summed E-state index contributed by atoms with van der Waals surface area (Å²) in [7, 11) is 0. The first-order valence-corrected chi connectivity index (χ1v) is 6.25. The maximum absolute atomic E-state index is 11.8. The monoisotopic (exact) mass is 294 g/mol. The quantitative estimate of drug-likeness (QED) is 0.864. The highest BCUT2D eigenvalue weighted by atomic mass is 79.9. The first-order valence-electron chi connectivity index (χ1n) is 5.46. The minimum atomic E-state index is -0.0662. The lowest BCUT2D eigenvalue weighted by atomic mass is 10.4. The van der Waals surface area contributed by atoms with Crippen molar-refractivity contribution in [3.8, 4) is 0 Å². The van der Waals surface area contributed by atoms with Crippen molar-refractivity contribution in [3.63, 3.8) is 0 Å². The third-order valence-corrected chi connectivity index (χ3v) is 3.42. The van der Waals surface area contributed by atoms with Crippen LogP contribution in [0.4, 0.5) is 0 Å². The van der Waals surface area contributed by atoms with Crippen LogP contribution >= 0.6 is 15.9 Å². The van der Waals surface area contributed by atoms with Crippen molar-refractivity contribution in [2.45, 2.75) is 25.4 Å². The molecule has 0 aliphatic heterocycles. The molecule has 3 rings (SSSR count). The molecule has 17 heavy (non-hydrogen) atoms. The molecule has 0 spiro atoms. The second-order valence-corrected chi connectivity index (χ2v) is 5.05. The van der Waals surface area contributed by atoms with Gasteiger partial charge in [0, 0.05) is 18.4 Å². The van der Waals surface area contributed by atoms with E-state index in [9.17, 15) is 4.79 Å². The Morgan fingerprint density at radius 3 is 2.82 bits per heavy atom. The topological polar surface area (TPSA) is 52.7 Å². The number of halogens is 1. The van der Waals surface area contributed by atoms with Crippen LogP contribution in [0, 0.1) is 0 Å². The average Bonchev–Trinajstić information content (AvgIpc) is 3.06. The Balaban J connectivity index is 1.93. The van der Waals surface area contributed by atoms with Crippen LogP contribution in [0.15, 0.2) is 34.3 Å². The molecule has 2 heterocycles. The van der Waals surface area contributed by atoms with Crippen LogP contribution < -0.4 is 5.56 Å². The summed E-state index contributed by atoms with van der Waals surface area (Å²) in [5, 5.41) is 0. The molecule has 2 aromatic heterocycles. The lowest BCUT2D eigenvalue weighted by molar-refractivity contribution is 0.636. The van der Waals surface area contributed by atoms with Gasteiger partial charge < -0.3 is 4.57 Å². The Kier molecular flexibility index (Phi) is 2.58. The molecule has 0 radical (unpaired) electrons. The van der Waals surface area contributed by atoms with Crippen molar-refractivity contribution in [1.29, 1.82) is 0 Å². The molecule has 0 aromatic carbocycles. The molecule has 6 heteroatoms. The number of hydrogen-bond acceptors (Lipinski definition) is 3. The van der Waals surface area contributed by atoms with E-state index < -0.39 is 0 Å². The Morgan fingerprint density at radius 2 is 2.06 bits per heavy atom. The van der Waals surface area contributed by atoms with Crippen molar-refractivity contribution in [3.05, 3.63) is 45.6 Å². The number of hydrogen-bond donors (Lipinski definition) is 0. The van der Waals surface area contributed by atoms with Gasteiger partial charge in [-0.3, -0.25) is 9.36 Å². The largest absolute Gasteiger partial charge is 0.330 e. The maximum atomic E-state index is 11.8. The summed E-state index contributed by atoms with van der Waals surface area (Å²) in [6, 6.07) is 0.573. The Hall–Kier alpha value is -1.43. The molecule has 2 aromatic rings. The molecule has 0 atom stereocenters. The fourth-order valence-corrected chi connectivity index (χ4v) is 2.19. The molecule has 1 saturated carbocycles. The molecule has 1 aliphatic rings. The summed E-state index contributed by atoms with van der Waals surface area (Å²) in [6.45, 7) is 0.516. The van der Waals surface area contributed by atoms with Crippen molar-refractivity contribution in [1.82, 2.24) is 19.1 Å². The zero-order valence-corrected chi connectivity index (χ0v) is 10.7. The molecule has 0 unspecified atom stereocenters. The van der Waals surface area contributed by atoms with Gasteiger partial charge in [0.2, 0.25) is 0 Å². The highest BCUT2D eigenvalue weighted by Crippen LogP contribution is 2.35. The maximum Gasteiger partial charge on any atom is 0.267 e. The van der Waals surface area contributed by atoms with E-state index in [2.05, 4.69) is 30.5 Å². The van der Waals surface area contributed by atoms with Gasteiger partial charge >= 0.3 is 0 Å². The highest BCUT2D eigenvalue weighted by molar-refractivity contribution is 9.10. The van der Waals surface area contributed by atoms with Gasteiger partial charge in [0.25, 0.3) is 5.56 Å². The minimum Gasteiger partial charge on any atom is -0.330 e. The first-order chi connectivity index (χ1) is 8.25. The van der Waals surface area contributed by atoms with E-state index in [1.165, 1.54) is 19.0 Å². The average molecular weight is 295 g/mol. The number of nitrogens with zero attached hydrogens (tertiary/aromatic N) is 4. The van der Waals surface area contributed by atoms with E-state index in [-0.39, 0.29) is 5.56 Å². The van der Waals surface area contributed by atoms with Gasteiger partial charge in [0.1, 0.15) is 4.47 Å². The minimum absolute atomic E-state index is 0.0662. The second kappa shape index (κ2) is 4.10. The van der Waals surface area contributed by atoms with Crippen LogP contribution in [0.5, 0.6) is 0 Å². The van der Waals surface area contributed by atoms with Gasteiger partial charge in [-0.1, -0.05) is 0 Å². The molecular weight excluding hydrogens is 284 g/mol. The molecule has 0 saturated heterocycles. The second-order valence-electron chi connectivity index (χ2n) is 4.20. The molecule has 88 valence electrons. The van der Waals surface area contributed by atoms with Gasteiger partial charge in [0.05, 0.1) is 24.9 Å². The third kappa shape index (κ3) is 2.04. The molecule has 1 aliphatic carbocycles. The van der Waals surface area contributed by atoms with Crippen molar-refractivity contribution >= 4 is 15.9 Å². The van der Waals surface area contributed by atoms with Crippen LogP contribution in [0.3, 0.4) is 0 Å². The lowest BCUT2D eigenvalue weighted by Gasteiger charge is -2.08. The first kappa shape index (κ1) is 10.7. The predicted molar refractivity (Wildman–Crippen MR) is 65.8 cm³/mol. The zero-order chi connectivity index (χ0) is 11.8. The predicted octanol–water partition coefficient (Wildman–Crippen LogP) is 1.59. The van der Waals surface area contributed by atoms with Gasteiger partial charge in [-0.2, -0.15) is 0 Å².